The van der Waals surface area contributed by atoms with Crippen molar-refractivity contribution >= 4 is 24.5 Å². The number of nitrogens with one attached hydrogen (secondary N) is 1. The van der Waals surface area contributed by atoms with Crippen LogP contribution in [0.15, 0.2) is 36.4 Å². The number of hydrogen-bond donors (Lipinski definition) is 2. The maximum atomic E-state index is 11.0. The third-order valence-corrected chi connectivity index (χ3v) is 2.60. The topological polar surface area (TPSA) is 49.3 Å². The summed E-state index contributed by atoms with van der Waals surface area (Å²) in [6.07, 6.45) is 4.58. The average molecular weight is 284 g/mol. The fourth-order valence-corrected chi connectivity index (χ4v) is 1.71. The van der Waals surface area contributed by atoms with Crippen LogP contribution in [0.3, 0.4) is 0 Å². The third-order valence-electron chi connectivity index (χ3n) is 2.60. The van der Waals surface area contributed by atoms with Crippen molar-refractivity contribution in [3.63, 3.8) is 0 Å². The normalized spacial score (nSPS) is 12.4. The molecule has 1 atom stereocenters. The SMILES string of the molecule is CC(C)CC(NC/C=C/c1ccccc1)C(=O)O.Cl. The zero-order valence-corrected chi connectivity index (χ0v) is 12.2. The number of carbonyl (C=O) groups is 1. The molecule has 0 fully saturated rings. The van der Waals surface area contributed by atoms with E-state index in [2.05, 4.69) is 5.32 Å². The smallest absolute Gasteiger partial charge is 0.320 e. The molecule has 0 amide bonds. The number of hydrogen-bond acceptors (Lipinski definition) is 2. The maximum Gasteiger partial charge on any atom is 0.320 e. The van der Waals surface area contributed by atoms with E-state index in [1.807, 2.05) is 56.3 Å². The van der Waals surface area contributed by atoms with Gasteiger partial charge < -0.3 is 10.4 Å². The van der Waals surface area contributed by atoms with Crippen LogP contribution in [0.4, 0.5) is 0 Å². The lowest BCUT2D eigenvalue weighted by Gasteiger charge is -2.15. The molecule has 0 aliphatic carbocycles. The van der Waals surface area contributed by atoms with Gasteiger partial charge in [-0.05, 0) is 17.9 Å². The van der Waals surface area contributed by atoms with E-state index in [0.717, 1.165) is 5.56 Å². The van der Waals surface area contributed by atoms with Gasteiger partial charge in [-0.25, -0.2) is 0 Å². The molecule has 1 aromatic carbocycles. The Bertz CT molecular complexity index is 390. The van der Waals surface area contributed by atoms with Crippen LogP contribution in [-0.4, -0.2) is 23.7 Å². The van der Waals surface area contributed by atoms with Gasteiger partial charge in [0.15, 0.2) is 0 Å². The van der Waals surface area contributed by atoms with E-state index in [4.69, 9.17) is 5.11 Å². The zero-order chi connectivity index (χ0) is 13.4. The Kier molecular flexibility index (Phi) is 8.92. The summed E-state index contributed by atoms with van der Waals surface area (Å²) in [5.74, 6) is -0.409. The molecule has 0 radical (unpaired) electrons. The van der Waals surface area contributed by atoms with E-state index in [0.29, 0.717) is 18.9 Å². The van der Waals surface area contributed by atoms with Crippen LogP contribution >= 0.6 is 12.4 Å². The van der Waals surface area contributed by atoms with Crippen LogP contribution in [0.2, 0.25) is 0 Å². The highest BCUT2D eigenvalue weighted by Crippen LogP contribution is 2.05. The number of aliphatic carboxylic acids is 1. The Morgan fingerprint density at radius 2 is 1.95 bits per heavy atom. The Morgan fingerprint density at radius 1 is 1.32 bits per heavy atom. The molecule has 2 N–H and O–H groups in total. The van der Waals surface area contributed by atoms with E-state index in [9.17, 15) is 4.79 Å². The zero-order valence-electron chi connectivity index (χ0n) is 11.4. The van der Waals surface area contributed by atoms with Gasteiger partial charge >= 0.3 is 5.97 Å². The lowest BCUT2D eigenvalue weighted by atomic mass is 10.0. The molecule has 0 spiro atoms. The van der Waals surface area contributed by atoms with Crippen LogP contribution in [0.1, 0.15) is 25.8 Å². The standard InChI is InChI=1S/C15H21NO2.ClH/c1-12(2)11-14(15(17)18)16-10-6-9-13-7-4-3-5-8-13;/h3-9,12,14,16H,10-11H2,1-2H3,(H,17,18);1H/b9-6+;. The molecular weight excluding hydrogens is 262 g/mol. The van der Waals surface area contributed by atoms with Gasteiger partial charge in [-0.1, -0.05) is 56.3 Å². The summed E-state index contributed by atoms with van der Waals surface area (Å²) in [5.41, 5.74) is 1.12. The number of halogens is 1. The Hall–Kier alpha value is -1.32. The van der Waals surface area contributed by atoms with Gasteiger partial charge in [-0.15, -0.1) is 12.4 Å². The highest BCUT2D eigenvalue weighted by atomic mass is 35.5. The molecular formula is C15H22ClNO2. The van der Waals surface area contributed by atoms with Crippen molar-refractivity contribution in [3.05, 3.63) is 42.0 Å². The molecule has 0 aromatic heterocycles. The molecule has 19 heavy (non-hydrogen) atoms. The lowest BCUT2D eigenvalue weighted by Crippen LogP contribution is -2.37. The monoisotopic (exact) mass is 283 g/mol. The van der Waals surface area contributed by atoms with E-state index < -0.39 is 12.0 Å². The summed E-state index contributed by atoms with van der Waals surface area (Å²) in [6, 6.07) is 9.49. The summed E-state index contributed by atoms with van der Waals surface area (Å²) < 4.78 is 0. The van der Waals surface area contributed by atoms with Crippen molar-refractivity contribution in [2.75, 3.05) is 6.54 Å². The number of benzene rings is 1. The minimum absolute atomic E-state index is 0. The van der Waals surface area contributed by atoms with Gasteiger partial charge in [0.25, 0.3) is 0 Å². The van der Waals surface area contributed by atoms with E-state index in [1.54, 1.807) is 0 Å². The van der Waals surface area contributed by atoms with Crippen LogP contribution in [0.5, 0.6) is 0 Å². The predicted molar refractivity (Wildman–Crippen MR) is 81.6 cm³/mol. The van der Waals surface area contributed by atoms with Crippen molar-refractivity contribution in [1.82, 2.24) is 5.32 Å². The molecule has 1 aromatic rings. The molecule has 106 valence electrons. The van der Waals surface area contributed by atoms with E-state index >= 15 is 0 Å². The van der Waals surface area contributed by atoms with Gasteiger partial charge in [0, 0.05) is 6.54 Å². The molecule has 4 heteroatoms. The number of carboxylic acid groups (broad SMARTS) is 1. The molecule has 0 heterocycles. The molecule has 1 unspecified atom stereocenters. The minimum Gasteiger partial charge on any atom is -0.480 e. The van der Waals surface area contributed by atoms with Crippen LogP contribution in [0.25, 0.3) is 6.08 Å². The Labute approximate surface area is 121 Å². The predicted octanol–water partition coefficient (Wildman–Crippen LogP) is 3.21. The summed E-state index contributed by atoms with van der Waals surface area (Å²) in [4.78, 5) is 11.0. The van der Waals surface area contributed by atoms with Crippen LogP contribution in [0, 0.1) is 5.92 Å². The highest BCUT2D eigenvalue weighted by Gasteiger charge is 2.16. The largest absolute Gasteiger partial charge is 0.480 e. The first-order chi connectivity index (χ1) is 8.59. The number of rotatable bonds is 7. The van der Waals surface area contributed by atoms with Gasteiger partial charge in [-0.3, -0.25) is 4.79 Å². The van der Waals surface area contributed by atoms with Crippen molar-refractivity contribution in [1.29, 1.82) is 0 Å². The van der Waals surface area contributed by atoms with Crippen LogP contribution < -0.4 is 5.32 Å². The van der Waals surface area contributed by atoms with Gasteiger partial charge in [-0.2, -0.15) is 0 Å². The quantitative estimate of drug-likeness (QED) is 0.808. The molecule has 3 nitrogen and oxygen atoms in total. The molecule has 0 aliphatic rings. The lowest BCUT2D eigenvalue weighted by molar-refractivity contribution is -0.139. The summed E-state index contributed by atoms with van der Waals surface area (Å²) >= 11 is 0. The molecule has 0 saturated carbocycles. The molecule has 0 saturated heterocycles. The first kappa shape index (κ1) is 17.7. The fraction of sp³-hybridized carbons (Fsp3) is 0.400. The second-order valence-electron chi connectivity index (χ2n) is 4.74. The van der Waals surface area contributed by atoms with Crippen molar-refractivity contribution in [2.24, 2.45) is 5.92 Å². The second-order valence-corrected chi connectivity index (χ2v) is 4.74. The Balaban J connectivity index is 0.00000324. The first-order valence-corrected chi connectivity index (χ1v) is 6.27. The average Bonchev–Trinajstić information content (AvgIpc) is 2.33. The third kappa shape index (κ3) is 7.65. The number of carboxylic acids is 1. The van der Waals surface area contributed by atoms with Crippen molar-refractivity contribution < 1.29 is 9.90 Å². The van der Waals surface area contributed by atoms with E-state index in [-0.39, 0.29) is 12.4 Å². The summed E-state index contributed by atoms with van der Waals surface area (Å²) in [7, 11) is 0. The molecule has 0 aliphatic heterocycles. The summed E-state index contributed by atoms with van der Waals surface area (Å²) in [5, 5.41) is 12.1. The van der Waals surface area contributed by atoms with Crippen LogP contribution in [-0.2, 0) is 4.79 Å². The Morgan fingerprint density at radius 3 is 2.47 bits per heavy atom. The van der Waals surface area contributed by atoms with Gasteiger partial charge in [0.05, 0.1) is 0 Å². The highest BCUT2D eigenvalue weighted by molar-refractivity contribution is 5.85. The molecule has 1 rings (SSSR count). The van der Waals surface area contributed by atoms with Gasteiger partial charge in [0.1, 0.15) is 6.04 Å². The fourth-order valence-electron chi connectivity index (χ4n) is 1.71. The molecule has 0 bridgehead atoms. The summed E-state index contributed by atoms with van der Waals surface area (Å²) in [6.45, 7) is 4.62. The second kappa shape index (κ2) is 9.59. The minimum atomic E-state index is -0.781. The van der Waals surface area contributed by atoms with Crippen molar-refractivity contribution in [3.8, 4) is 0 Å². The van der Waals surface area contributed by atoms with Gasteiger partial charge in [0.2, 0.25) is 0 Å². The maximum absolute atomic E-state index is 11.0. The van der Waals surface area contributed by atoms with E-state index in [1.165, 1.54) is 0 Å². The first-order valence-electron chi connectivity index (χ1n) is 6.27. The van der Waals surface area contributed by atoms with Crippen molar-refractivity contribution in [2.45, 2.75) is 26.3 Å².